The first-order valence-corrected chi connectivity index (χ1v) is 8.37. The van der Waals surface area contributed by atoms with E-state index in [0.29, 0.717) is 19.1 Å². The molecule has 2 aromatic rings. The second kappa shape index (κ2) is 5.48. The number of aryl methyl sites for hydroxylation is 1. The SMILES string of the molecule is Cc1ccc(=O)n(CC2CN(c3nc4c(s3)COCC4)C2)n1. The Balaban J connectivity index is 1.40. The van der Waals surface area contributed by atoms with Crippen molar-refractivity contribution in [3.63, 3.8) is 0 Å². The van der Waals surface area contributed by atoms with Crippen LogP contribution in [0.15, 0.2) is 16.9 Å². The first-order valence-electron chi connectivity index (χ1n) is 7.55. The third-order valence-corrected chi connectivity index (χ3v) is 5.27. The van der Waals surface area contributed by atoms with Gasteiger partial charge in [0.25, 0.3) is 5.56 Å². The summed E-state index contributed by atoms with van der Waals surface area (Å²) in [6.07, 6.45) is 0.922. The largest absolute Gasteiger partial charge is 0.375 e. The molecular formula is C15H18N4O2S. The maximum absolute atomic E-state index is 11.8. The standard InChI is InChI=1S/C15H18N4O2S/c1-10-2-3-14(20)19(17-10)8-11-6-18(7-11)15-16-12-4-5-21-9-13(12)22-15/h2-3,11H,4-9H2,1H3. The van der Waals surface area contributed by atoms with Crippen molar-refractivity contribution in [1.82, 2.24) is 14.8 Å². The molecule has 0 amide bonds. The molecule has 0 radical (unpaired) electrons. The predicted molar refractivity (Wildman–Crippen MR) is 84.4 cm³/mol. The first kappa shape index (κ1) is 13.9. The van der Waals surface area contributed by atoms with Gasteiger partial charge in [0.1, 0.15) is 0 Å². The van der Waals surface area contributed by atoms with Crippen LogP contribution >= 0.6 is 11.3 Å². The lowest BCUT2D eigenvalue weighted by molar-refractivity contribution is 0.112. The van der Waals surface area contributed by atoms with E-state index in [9.17, 15) is 4.79 Å². The van der Waals surface area contributed by atoms with E-state index >= 15 is 0 Å². The summed E-state index contributed by atoms with van der Waals surface area (Å²) in [5.41, 5.74) is 2.06. The lowest BCUT2D eigenvalue weighted by Crippen LogP contribution is -2.49. The van der Waals surface area contributed by atoms with Crippen LogP contribution < -0.4 is 10.5 Å². The quantitative estimate of drug-likeness (QED) is 0.851. The average Bonchev–Trinajstić information content (AvgIpc) is 2.89. The zero-order valence-electron chi connectivity index (χ0n) is 12.5. The van der Waals surface area contributed by atoms with E-state index in [-0.39, 0.29) is 5.56 Å². The molecule has 0 unspecified atom stereocenters. The van der Waals surface area contributed by atoms with Crippen molar-refractivity contribution in [3.05, 3.63) is 38.8 Å². The minimum absolute atomic E-state index is 0.0223. The summed E-state index contributed by atoms with van der Waals surface area (Å²) in [6.45, 7) is 5.95. The van der Waals surface area contributed by atoms with Gasteiger partial charge in [0.05, 0.1) is 36.0 Å². The van der Waals surface area contributed by atoms with Crippen molar-refractivity contribution in [2.45, 2.75) is 26.5 Å². The summed E-state index contributed by atoms with van der Waals surface area (Å²) in [4.78, 5) is 20.1. The Morgan fingerprint density at radius 1 is 1.41 bits per heavy atom. The number of ether oxygens (including phenoxy) is 1. The van der Waals surface area contributed by atoms with Gasteiger partial charge in [-0.2, -0.15) is 5.10 Å². The first-order chi connectivity index (χ1) is 10.7. The van der Waals surface area contributed by atoms with Crippen molar-refractivity contribution in [2.75, 3.05) is 24.6 Å². The van der Waals surface area contributed by atoms with Gasteiger partial charge >= 0.3 is 0 Å². The fourth-order valence-corrected chi connectivity index (χ4v) is 3.98. The molecule has 0 N–H and O–H groups in total. The fourth-order valence-electron chi connectivity index (χ4n) is 2.91. The van der Waals surface area contributed by atoms with Crippen LogP contribution in [0, 0.1) is 12.8 Å². The molecule has 0 atom stereocenters. The molecule has 6 nitrogen and oxygen atoms in total. The van der Waals surface area contributed by atoms with E-state index in [0.717, 1.165) is 36.9 Å². The summed E-state index contributed by atoms with van der Waals surface area (Å²) in [5, 5.41) is 5.40. The molecule has 2 aliphatic rings. The smallest absolute Gasteiger partial charge is 0.266 e. The number of anilines is 1. The van der Waals surface area contributed by atoms with Crippen LogP contribution in [0.5, 0.6) is 0 Å². The van der Waals surface area contributed by atoms with Crippen LogP contribution in [0.2, 0.25) is 0 Å². The summed E-state index contributed by atoms with van der Waals surface area (Å²) in [6, 6.07) is 3.35. The number of rotatable bonds is 3. The highest BCUT2D eigenvalue weighted by molar-refractivity contribution is 7.15. The van der Waals surface area contributed by atoms with Gasteiger partial charge in [0.15, 0.2) is 5.13 Å². The number of aromatic nitrogens is 3. The second-order valence-corrected chi connectivity index (χ2v) is 7.00. The molecule has 7 heteroatoms. The third kappa shape index (κ3) is 2.55. The van der Waals surface area contributed by atoms with Gasteiger partial charge in [0.2, 0.25) is 0 Å². The highest BCUT2D eigenvalue weighted by Gasteiger charge is 2.31. The highest BCUT2D eigenvalue weighted by Crippen LogP contribution is 2.33. The maximum Gasteiger partial charge on any atom is 0.266 e. The summed E-state index contributed by atoms with van der Waals surface area (Å²) < 4.78 is 7.05. The normalized spacial score (nSPS) is 18.1. The zero-order valence-corrected chi connectivity index (χ0v) is 13.3. The van der Waals surface area contributed by atoms with Crippen molar-refractivity contribution >= 4 is 16.5 Å². The molecule has 22 heavy (non-hydrogen) atoms. The summed E-state index contributed by atoms with van der Waals surface area (Å²) in [7, 11) is 0. The monoisotopic (exact) mass is 318 g/mol. The van der Waals surface area contributed by atoms with Crippen LogP contribution in [0.25, 0.3) is 0 Å². The molecule has 0 spiro atoms. The minimum Gasteiger partial charge on any atom is -0.375 e. The van der Waals surface area contributed by atoms with Gasteiger partial charge in [-0.3, -0.25) is 4.79 Å². The fraction of sp³-hybridized carbons (Fsp3) is 0.533. The van der Waals surface area contributed by atoms with Crippen LogP contribution in [-0.2, 0) is 24.3 Å². The van der Waals surface area contributed by atoms with Gasteiger partial charge < -0.3 is 9.64 Å². The molecule has 1 fully saturated rings. The van der Waals surface area contributed by atoms with E-state index in [1.54, 1.807) is 28.2 Å². The van der Waals surface area contributed by atoms with E-state index in [4.69, 9.17) is 9.72 Å². The topological polar surface area (TPSA) is 60.2 Å². The van der Waals surface area contributed by atoms with E-state index in [1.165, 1.54) is 10.6 Å². The molecular weight excluding hydrogens is 300 g/mol. The van der Waals surface area contributed by atoms with Crippen molar-refractivity contribution in [1.29, 1.82) is 0 Å². The number of nitrogens with zero attached hydrogens (tertiary/aromatic N) is 4. The minimum atomic E-state index is -0.0223. The molecule has 4 heterocycles. The molecule has 2 aromatic heterocycles. The Morgan fingerprint density at radius 3 is 3.09 bits per heavy atom. The van der Waals surface area contributed by atoms with Crippen LogP contribution in [0.1, 0.15) is 16.3 Å². The zero-order chi connectivity index (χ0) is 15.1. The lowest BCUT2D eigenvalue weighted by atomic mass is 10.0. The van der Waals surface area contributed by atoms with Crippen molar-refractivity contribution in [2.24, 2.45) is 5.92 Å². The second-order valence-electron chi connectivity index (χ2n) is 5.93. The maximum atomic E-state index is 11.8. The van der Waals surface area contributed by atoms with Crippen LogP contribution in [0.3, 0.4) is 0 Å². The van der Waals surface area contributed by atoms with E-state index in [2.05, 4.69) is 10.00 Å². The molecule has 0 aromatic carbocycles. The van der Waals surface area contributed by atoms with Gasteiger partial charge in [0, 0.05) is 31.5 Å². The molecule has 0 saturated carbocycles. The van der Waals surface area contributed by atoms with Gasteiger partial charge in [-0.05, 0) is 13.0 Å². The molecule has 116 valence electrons. The number of thiazole rings is 1. The van der Waals surface area contributed by atoms with E-state index < -0.39 is 0 Å². The molecule has 1 saturated heterocycles. The summed E-state index contributed by atoms with van der Waals surface area (Å²) in [5.74, 6) is 0.462. The number of hydrogen-bond acceptors (Lipinski definition) is 6. The Bertz CT molecular complexity index is 725. The highest BCUT2D eigenvalue weighted by atomic mass is 32.1. The summed E-state index contributed by atoms with van der Waals surface area (Å²) >= 11 is 1.74. The Labute approximate surface area is 132 Å². The van der Waals surface area contributed by atoms with Crippen LogP contribution in [0.4, 0.5) is 5.13 Å². The van der Waals surface area contributed by atoms with Crippen LogP contribution in [-0.4, -0.2) is 34.5 Å². The van der Waals surface area contributed by atoms with E-state index in [1.807, 2.05) is 6.92 Å². The predicted octanol–water partition coefficient (Wildman–Crippen LogP) is 1.22. The number of hydrogen-bond donors (Lipinski definition) is 0. The lowest BCUT2D eigenvalue weighted by Gasteiger charge is -2.39. The van der Waals surface area contributed by atoms with Gasteiger partial charge in [-0.15, -0.1) is 0 Å². The molecule has 0 bridgehead atoms. The number of fused-ring (bicyclic) bond motifs is 1. The van der Waals surface area contributed by atoms with Crippen molar-refractivity contribution < 1.29 is 4.74 Å². The molecule has 4 rings (SSSR count). The Morgan fingerprint density at radius 2 is 2.27 bits per heavy atom. The Hall–Kier alpha value is -1.73. The Kier molecular flexibility index (Phi) is 3.46. The molecule has 0 aliphatic carbocycles. The van der Waals surface area contributed by atoms with Gasteiger partial charge in [-0.25, -0.2) is 9.67 Å². The average molecular weight is 318 g/mol. The third-order valence-electron chi connectivity index (χ3n) is 4.14. The van der Waals surface area contributed by atoms with Crippen molar-refractivity contribution in [3.8, 4) is 0 Å². The van der Waals surface area contributed by atoms with Gasteiger partial charge in [-0.1, -0.05) is 11.3 Å². The molecule has 2 aliphatic heterocycles.